The average molecular weight is 379 g/mol. The van der Waals surface area contributed by atoms with Gasteiger partial charge < -0.3 is 28.8 Å². The molecule has 0 rings (SSSR count). The second-order valence-corrected chi connectivity index (χ2v) is 6.30. The predicted molar refractivity (Wildman–Crippen MR) is 104 cm³/mol. The maximum absolute atomic E-state index is 8.54. The minimum absolute atomic E-state index is 0.0480. The van der Waals surface area contributed by atoms with Crippen molar-refractivity contribution >= 4 is 0 Å². The first kappa shape index (κ1) is 25.8. The van der Waals surface area contributed by atoms with E-state index in [1.54, 1.807) is 0 Å². The van der Waals surface area contributed by atoms with Gasteiger partial charge in [0, 0.05) is 0 Å². The first-order valence-electron chi connectivity index (χ1n) is 10.4. The summed E-state index contributed by atoms with van der Waals surface area (Å²) in [7, 11) is 0. The van der Waals surface area contributed by atoms with E-state index in [-0.39, 0.29) is 6.61 Å². The van der Waals surface area contributed by atoms with Crippen molar-refractivity contribution in [2.75, 3.05) is 66.1 Å². The smallest absolute Gasteiger partial charge is 0.0704 e. The average Bonchev–Trinajstić information content (AvgIpc) is 2.66. The van der Waals surface area contributed by atoms with Gasteiger partial charge in [0.1, 0.15) is 0 Å². The largest absolute Gasteiger partial charge is 0.394 e. The van der Waals surface area contributed by atoms with Crippen LogP contribution in [0.2, 0.25) is 0 Å². The van der Waals surface area contributed by atoms with E-state index >= 15 is 0 Å². The lowest BCUT2D eigenvalue weighted by Crippen LogP contribution is -2.18. The number of ether oxygens (including phenoxy) is 5. The van der Waals surface area contributed by atoms with Crippen LogP contribution in [0.25, 0.3) is 0 Å². The molecule has 1 unspecified atom stereocenters. The lowest BCUT2D eigenvalue weighted by molar-refractivity contribution is -0.0271. The van der Waals surface area contributed by atoms with Crippen LogP contribution in [0.4, 0.5) is 0 Å². The van der Waals surface area contributed by atoms with Gasteiger partial charge in [0.25, 0.3) is 0 Å². The Morgan fingerprint density at radius 1 is 0.577 bits per heavy atom. The Bertz CT molecular complexity index is 252. The molecule has 0 radical (unpaired) electrons. The second kappa shape index (κ2) is 22.8. The minimum atomic E-state index is 0.0480. The molecular weight excluding hydrogens is 336 g/mol. The fourth-order valence-corrected chi connectivity index (χ4v) is 2.46. The molecule has 0 heterocycles. The van der Waals surface area contributed by atoms with E-state index in [0.717, 1.165) is 6.42 Å². The van der Waals surface area contributed by atoms with Crippen molar-refractivity contribution in [3.05, 3.63) is 0 Å². The first-order chi connectivity index (χ1) is 12.8. The van der Waals surface area contributed by atoms with Gasteiger partial charge in [-0.1, -0.05) is 46.0 Å². The van der Waals surface area contributed by atoms with Gasteiger partial charge >= 0.3 is 0 Å². The van der Waals surface area contributed by atoms with Gasteiger partial charge in [0.2, 0.25) is 0 Å². The quantitative estimate of drug-likeness (QED) is 0.292. The Kier molecular flexibility index (Phi) is 22.6. The van der Waals surface area contributed by atoms with Gasteiger partial charge in [-0.25, -0.2) is 0 Å². The lowest BCUT2D eigenvalue weighted by atomic mass is 10.1. The van der Waals surface area contributed by atoms with Crippen molar-refractivity contribution in [1.82, 2.24) is 0 Å². The minimum Gasteiger partial charge on any atom is -0.394 e. The first-order valence-corrected chi connectivity index (χ1v) is 10.4. The molecule has 0 spiro atoms. The van der Waals surface area contributed by atoms with E-state index in [9.17, 15) is 0 Å². The van der Waals surface area contributed by atoms with Gasteiger partial charge in [-0.3, -0.25) is 0 Å². The predicted octanol–water partition coefficient (Wildman–Crippen LogP) is 3.20. The summed E-state index contributed by atoms with van der Waals surface area (Å²) >= 11 is 0. The molecule has 0 fully saturated rings. The summed E-state index contributed by atoms with van der Waals surface area (Å²) in [5, 5.41) is 8.54. The zero-order valence-corrected chi connectivity index (χ0v) is 17.1. The third-order valence-corrected chi connectivity index (χ3v) is 3.94. The van der Waals surface area contributed by atoms with Crippen LogP contribution in [0.5, 0.6) is 0 Å². The molecular formula is C20H42O6. The van der Waals surface area contributed by atoms with Crippen LogP contribution < -0.4 is 0 Å². The number of rotatable bonds is 22. The number of hydrogen-bond acceptors (Lipinski definition) is 6. The molecule has 0 bridgehead atoms. The molecule has 6 nitrogen and oxygen atoms in total. The highest BCUT2D eigenvalue weighted by molar-refractivity contribution is 4.59. The maximum atomic E-state index is 8.54. The van der Waals surface area contributed by atoms with Gasteiger partial charge in [0.05, 0.1) is 72.2 Å². The molecule has 0 aromatic heterocycles. The Labute approximate surface area is 160 Å². The molecule has 0 saturated carbocycles. The van der Waals surface area contributed by atoms with Gasteiger partial charge in [-0.2, -0.15) is 0 Å². The highest BCUT2D eigenvalue weighted by Gasteiger charge is 2.08. The van der Waals surface area contributed by atoms with E-state index in [1.807, 2.05) is 0 Å². The topological polar surface area (TPSA) is 66.4 Å². The van der Waals surface area contributed by atoms with E-state index < -0.39 is 0 Å². The van der Waals surface area contributed by atoms with Crippen molar-refractivity contribution in [3.63, 3.8) is 0 Å². The molecule has 1 N–H and O–H groups in total. The van der Waals surface area contributed by atoms with Crippen LogP contribution in [0.15, 0.2) is 0 Å². The van der Waals surface area contributed by atoms with Crippen LogP contribution in [-0.4, -0.2) is 77.3 Å². The van der Waals surface area contributed by atoms with Crippen molar-refractivity contribution in [2.45, 2.75) is 64.9 Å². The van der Waals surface area contributed by atoms with E-state index in [1.165, 1.54) is 38.5 Å². The monoisotopic (exact) mass is 378 g/mol. The van der Waals surface area contributed by atoms with Crippen molar-refractivity contribution in [2.24, 2.45) is 0 Å². The summed E-state index contributed by atoms with van der Waals surface area (Å²) < 4.78 is 27.4. The second-order valence-electron chi connectivity index (χ2n) is 6.30. The highest BCUT2D eigenvalue weighted by Crippen LogP contribution is 2.13. The summed E-state index contributed by atoms with van der Waals surface area (Å²) in [6, 6.07) is 0. The Morgan fingerprint density at radius 3 is 1.54 bits per heavy atom. The molecule has 26 heavy (non-hydrogen) atoms. The zero-order valence-electron chi connectivity index (χ0n) is 17.1. The molecule has 0 aromatic rings. The maximum Gasteiger partial charge on any atom is 0.0704 e. The molecule has 0 amide bonds. The number of aliphatic hydroxyl groups is 1. The van der Waals surface area contributed by atoms with Crippen molar-refractivity contribution in [3.8, 4) is 0 Å². The summed E-state index contributed by atoms with van der Waals surface area (Å²) in [6.07, 6.45) is 8.98. The third-order valence-electron chi connectivity index (χ3n) is 3.94. The molecule has 0 saturated heterocycles. The normalized spacial score (nSPS) is 12.6. The summed E-state index contributed by atoms with van der Waals surface area (Å²) in [4.78, 5) is 0. The fourth-order valence-electron chi connectivity index (χ4n) is 2.46. The van der Waals surface area contributed by atoms with Crippen LogP contribution >= 0.6 is 0 Å². The van der Waals surface area contributed by atoms with E-state index in [4.69, 9.17) is 28.8 Å². The summed E-state index contributed by atoms with van der Waals surface area (Å²) in [5.74, 6) is 0. The molecule has 0 aliphatic rings. The molecule has 158 valence electrons. The molecule has 0 aromatic carbocycles. The Morgan fingerprint density at radius 2 is 1.04 bits per heavy atom. The third kappa shape index (κ3) is 20.1. The van der Waals surface area contributed by atoms with Crippen LogP contribution in [0.1, 0.15) is 58.8 Å². The standard InChI is InChI=1S/C20H42O6/c1-3-5-7-9-20(8-6-4-2)26-19-18-25-17-16-24-15-14-23-13-12-22-11-10-21/h20-21H,3-19H2,1-2H3. The van der Waals surface area contributed by atoms with Gasteiger partial charge in [0.15, 0.2) is 0 Å². The summed E-state index contributed by atoms with van der Waals surface area (Å²) in [6.45, 7) is 9.43. The number of unbranched alkanes of at least 4 members (excludes halogenated alkanes) is 3. The van der Waals surface area contributed by atoms with Crippen LogP contribution in [0, 0.1) is 0 Å². The molecule has 6 heteroatoms. The highest BCUT2D eigenvalue weighted by atomic mass is 16.6. The molecule has 0 aliphatic heterocycles. The number of hydrogen-bond donors (Lipinski definition) is 1. The van der Waals surface area contributed by atoms with Gasteiger partial charge in [-0.05, 0) is 12.8 Å². The Hall–Kier alpha value is -0.240. The van der Waals surface area contributed by atoms with Crippen LogP contribution in [-0.2, 0) is 23.7 Å². The SMILES string of the molecule is CCCCCC(CCCC)OCCOCCOCCOCCOCCO. The zero-order chi connectivity index (χ0) is 19.1. The number of aliphatic hydroxyl groups excluding tert-OH is 1. The molecule has 1 atom stereocenters. The fraction of sp³-hybridized carbons (Fsp3) is 1.00. The van der Waals surface area contributed by atoms with Crippen LogP contribution in [0.3, 0.4) is 0 Å². The van der Waals surface area contributed by atoms with Crippen molar-refractivity contribution in [1.29, 1.82) is 0 Å². The molecule has 0 aliphatic carbocycles. The summed E-state index contributed by atoms with van der Waals surface area (Å²) in [5.41, 5.74) is 0. The Balaban J connectivity index is 3.33. The van der Waals surface area contributed by atoms with E-state index in [2.05, 4.69) is 13.8 Å². The van der Waals surface area contributed by atoms with E-state index in [0.29, 0.717) is 65.6 Å². The van der Waals surface area contributed by atoms with Gasteiger partial charge in [-0.15, -0.1) is 0 Å². The lowest BCUT2D eigenvalue weighted by Gasteiger charge is -2.17. The van der Waals surface area contributed by atoms with Crippen molar-refractivity contribution < 1.29 is 28.8 Å².